The highest BCUT2D eigenvalue weighted by Crippen LogP contribution is 2.22. The van der Waals surface area contributed by atoms with E-state index in [2.05, 4.69) is 0 Å². The minimum absolute atomic E-state index is 0.0445. The molecule has 0 aromatic heterocycles. The van der Waals surface area contributed by atoms with Gasteiger partial charge in [0.1, 0.15) is 0 Å². The topological polar surface area (TPSA) is 43.9 Å². The second-order valence-corrected chi connectivity index (χ2v) is 6.52. The van der Waals surface area contributed by atoms with Gasteiger partial charge in [0, 0.05) is 49.4 Å². The number of likely N-dealkylation sites (N-methyl/N-ethyl adjacent to an activating group) is 1. The highest BCUT2D eigenvalue weighted by atomic mass is 35.5. The molecule has 23 heavy (non-hydrogen) atoms. The van der Waals surface area contributed by atoms with Crippen LogP contribution in [0.15, 0.2) is 24.3 Å². The summed E-state index contributed by atoms with van der Waals surface area (Å²) in [5.41, 5.74) is 0.669. The van der Waals surface area contributed by atoms with Crippen molar-refractivity contribution in [3.05, 3.63) is 34.9 Å². The first-order chi connectivity index (χ1) is 11.1. The molecule has 3 rings (SSSR count). The monoisotopic (exact) mass is 335 g/mol. The van der Waals surface area contributed by atoms with Crippen LogP contribution in [0.3, 0.4) is 0 Å². The van der Waals surface area contributed by atoms with E-state index in [0.717, 1.165) is 32.5 Å². The first-order valence-corrected chi connectivity index (χ1v) is 8.58. The Bertz CT molecular complexity index is 582. The molecule has 2 heterocycles. The lowest BCUT2D eigenvalue weighted by atomic mass is 10.0. The maximum Gasteiger partial charge on any atom is 0.320 e. The van der Waals surface area contributed by atoms with Crippen molar-refractivity contribution in [3.63, 3.8) is 0 Å². The molecular weight excluding hydrogens is 314 g/mol. The van der Waals surface area contributed by atoms with Gasteiger partial charge in [-0.15, -0.1) is 0 Å². The van der Waals surface area contributed by atoms with Gasteiger partial charge in [0.15, 0.2) is 0 Å². The standard InChI is InChI=1S/C17H22ClN3O2/c1-2-19-11-12-21(17(19)23)15-7-9-20(10-8-15)16(22)13-3-5-14(18)6-4-13/h3-6,15H,2,7-12H2,1H3. The molecule has 124 valence electrons. The first kappa shape index (κ1) is 16.1. The van der Waals surface area contributed by atoms with Gasteiger partial charge in [-0.3, -0.25) is 4.79 Å². The summed E-state index contributed by atoms with van der Waals surface area (Å²) >= 11 is 5.87. The Labute approximate surface area is 141 Å². The van der Waals surface area contributed by atoms with Gasteiger partial charge in [0.05, 0.1) is 0 Å². The summed E-state index contributed by atoms with van der Waals surface area (Å²) in [7, 11) is 0. The molecule has 0 unspecified atom stereocenters. The van der Waals surface area contributed by atoms with Gasteiger partial charge in [-0.2, -0.15) is 0 Å². The van der Waals surface area contributed by atoms with Gasteiger partial charge in [-0.25, -0.2) is 4.79 Å². The van der Waals surface area contributed by atoms with E-state index in [-0.39, 0.29) is 18.0 Å². The van der Waals surface area contributed by atoms with E-state index in [9.17, 15) is 9.59 Å². The van der Waals surface area contributed by atoms with Crippen LogP contribution in [0.4, 0.5) is 4.79 Å². The third-order valence-electron chi connectivity index (χ3n) is 4.79. The van der Waals surface area contributed by atoms with Crippen LogP contribution in [-0.4, -0.2) is 65.4 Å². The number of rotatable bonds is 3. The number of carbonyl (C=O) groups is 2. The maximum absolute atomic E-state index is 12.5. The largest absolute Gasteiger partial charge is 0.338 e. The lowest BCUT2D eigenvalue weighted by molar-refractivity contribution is 0.0663. The van der Waals surface area contributed by atoms with E-state index in [1.807, 2.05) is 21.6 Å². The fourth-order valence-electron chi connectivity index (χ4n) is 3.39. The van der Waals surface area contributed by atoms with Gasteiger partial charge >= 0.3 is 6.03 Å². The van der Waals surface area contributed by atoms with E-state index in [0.29, 0.717) is 23.7 Å². The fraction of sp³-hybridized carbons (Fsp3) is 0.529. The van der Waals surface area contributed by atoms with Crippen molar-refractivity contribution in [2.45, 2.75) is 25.8 Å². The van der Waals surface area contributed by atoms with Crippen molar-refractivity contribution in [1.82, 2.24) is 14.7 Å². The first-order valence-electron chi connectivity index (χ1n) is 8.20. The van der Waals surface area contributed by atoms with Crippen LogP contribution < -0.4 is 0 Å². The summed E-state index contributed by atoms with van der Waals surface area (Å²) in [5.74, 6) is 0.0445. The summed E-state index contributed by atoms with van der Waals surface area (Å²) in [5, 5.41) is 0.633. The molecule has 0 spiro atoms. The summed E-state index contributed by atoms with van der Waals surface area (Å²) in [4.78, 5) is 30.5. The molecule has 0 saturated carbocycles. The van der Waals surface area contributed by atoms with E-state index >= 15 is 0 Å². The summed E-state index contributed by atoms with van der Waals surface area (Å²) < 4.78 is 0. The van der Waals surface area contributed by atoms with E-state index in [1.165, 1.54) is 0 Å². The molecule has 5 nitrogen and oxygen atoms in total. The number of urea groups is 1. The Hall–Kier alpha value is -1.75. The van der Waals surface area contributed by atoms with Crippen LogP contribution in [0.5, 0.6) is 0 Å². The van der Waals surface area contributed by atoms with E-state index < -0.39 is 0 Å². The summed E-state index contributed by atoms with van der Waals surface area (Å²) in [6.07, 6.45) is 1.70. The van der Waals surface area contributed by atoms with Crippen molar-refractivity contribution in [2.24, 2.45) is 0 Å². The Morgan fingerprint density at radius 2 is 1.78 bits per heavy atom. The third kappa shape index (κ3) is 3.29. The third-order valence-corrected chi connectivity index (χ3v) is 5.04. The summed E-state index contributed by atoms with van der Waals surface area (Å²) in [6.45, 7) is 5.80. The van der Waals surface area contributed by atoms with Crippen molar-refractivity contribution >= 4 is 23.5 Å². The molecule has 2 fully saturated rings. The van der Waals surface area contributed by atoms with Crippen LogP contribution in [-0.2, 0) is 0 Å². The molecular formula is C17H22ClN3O2. The van der Waals surface area contributed by atoms with Crippen LogP contribution >= 0.6 is 11.6 Å². The lowest BCUT2D eigenvalue weighted by Gasteiger charge is -2.36. The molecule has 0 N–H and O–H groups in total. The fourth-order valence-corrected chi connectivity index (χ4v) is 3.52. The average Bonchev–Trinajstić information content (AvgIpc) is 2.96. The highest BCUT2D eigenvalue weighted by molar-refractivity contribution is 6.30. The SMILES string of the molecule is CCN1CCN(C2CCN(C(=O)c3ccc(Cl)cc3)CC2)C1=O. The quantitative estimate of drug-likeness (QED) is 0.852. The molecule has 0 atom stereocenters. The Kier molecular flexibility index (Phi) is 4.76. The van der Waals surface area contributed by atoms with Crippen molar-refractivity contribution in [2.75, 3.05) is 32.7 Å². The molecule has 1 aromatic carbocycles. The van der Waals surface area contributed by atoms with Crippen LogP contribution in [0.25, 0.3) is 0 Å². The maximum atomic E-state index is 12.5. The molecule has 0 radical (unpaired) electrons. The molecule has 2 saturated heterocycles. The van der Waals surface area contributed by atoms with E-state index in [1.54, 1.807) is 24.3 Å². The molecule has 1 aromatic rings. The predicted molar refractivity (Wildman–Crippen MR) is 89.7 cm³/mol. The Balaban J connectivity index is 1.57. The highest BCUT2D eigenvalue weighted by Gasteiger charge is 2.35. The van der Waals surface area contributed by atoms with Crippen LogP contribution in [0.2, 0.25) is 5.02 Å². The lowest BCUT2D eigenvalue weighted by Crippen LogP contribution is -2.48. The number of carbonyl (C=O) groups excluding carboxylic acids is 2. The number of halogens is 1. The number of nitrogens with zero attached hydrogens (tertiary/aromatic N) is 3. The Morgan fingerprint density at radius 3 is 2.35 bits per heavy atom. The molecule has 6 heteroatoms. The van der Waals surface area contributed by atoms with Gasteiger partial charge in [0.25, 0.3) is 5.91 Å². The van der Waals surface area contributed by atoms with Gasteiger partial charge < -0.3 is 14.7 Å². The zero-order chi connectivity index (χ0) is 16.4. The molecule has 0 bridgehead atoms. The smallest absolute Gasteiger partial charge is 0.320 e. The van der Waals surface area contributed by atoms with Crippen molar-refractivity contribution < 1.29 is 9.59 Å². The second-order valence-electron chi connectivity index (χ2n) is 6.09. The van der Waals surface area contributed by atoms with E-state index in [4.69, 9.17) is 11.6 Å². The number of hydrogen-bond acceptors (Lipinski definition) is 2. The zero-order valence-corrected chi connectivity index (χ0v) is 14.1. The second kappa shape index (κ2) is 6.79. The molecule has 2 aliphatic rings. The predicted octanol–water partition coefficient (Wildman–Crippen LogP) is 2.70. The average molecular weight is 336 g/mol. The minimum atomic E-state index is 0.0445. The van der Waals surface area contributed by atoms with Crippen molar-refractivity contribution in [3.8, 4) is 0 Å². The van der Waals surface area contributed by atoms with Crippen LogP contribution in [0, 0.1) is 0 Å². The van der Waals surface area contributed by atoms with Gasteiger partial charge in [0.2, 0.25) is 0 Å². The molecule has 3 amide bonds. The van der Waals surface area contributed by atoms with Gasteiger partial charge in [-0.1, -0.05) is 11.6 Å². The zero-order valence-electron chi connectivity index (χ0n) is 13.4. The number of piperidine rings is 1. The number of amides is 3. The number of benzene rings is 1. The molecule has 2 aliphatic heterocycles. The van der Waals surface area contributed by atoms with Gasteiger partial charge in [-0.05, 0) is 44.0 Å². The molecule has 0 aliphatic carbocycles. The number of likely N-dealkylation sites (tertiary alicyclic amines) is 1. The van der Waals surface area contributed by atoms with Crippen molar-refractivity contribution in [1.29, 1.82) is 0 Å². The van der Waals surface area contributed by atoms with Crippen LogP contribution in [0.1, 0.15) is 30.1 Å². The summed E-state index contributed by atoms with van der Waals surface area (Å²) in [6, 6.07) is 7.41. The number of hydrogen-bond donors (Lipinski definition) is 0. The Morgan fingerprint density at radius 1 is 1.13 bits per heavy atom. The normalized spacial score (nSPS) is 19.6. The minimum Gasteiger partial charge on any atom is -0.338 e.